The van der Waals surface area contributed by atoms with Crippen LogP contribution in [0.5, 0.6) is 0 Å². The molecule has 0 aliphatic rings. The molecule has 3 rings (SSSR count). The monoisotopic (exact) mass is 296 g/mol. The number of carbonyl (C=O) groups excluding carboxylic acids is 1. The predicted octanol–water partition coefficient (Wildman–Crippen LogP) is 2.44. The Morgan fingerprint density at radius 2 is 1.82 bits per heavy atom. The average molecular weight is 296 g/mol. The van der Waals surface area contributed by atoms with Crippen LogP contribution in [0.2, 0.25) is 0 Å². The molecule has 0 aliphatic carbocycles. The predicted molar refractivity (Wildman–Crippen MR) is 84.3 cm³/mol. The second-order valence-electron chi connectivity index (χ2n) is 5.03. The van der Waals surface area contributed by atoms with Crippen molar-refractivity contribution in [2.45, 2.75) is 20.8 Å². The van der Waals surface area contributed by atoms with Crippen LogP contribution in [-0.4, -0.2) is 25.5 Å². The molecule has 0 atom stereocenters. The van der Waals surface area contributed by atoms with Crippen molar-refractivity contribution in [2.24, 2.45) is 0 Å². The number of fused-ring (bicyclic) bond motifs is 1. The molecular weight excluding hydrogens is 280 g/mol. The maximum Gasteiger partial charge on any atom is 0.254 e. The van der Waals surface area contributed by atoms with Crippen LogP contribution in [0.25, 0.3) is 5.78 Å². The van der Waals surface area contributed by atoms with Gasteiger partial charge in [0.05, 0.1) is 0 Å². The van der Waals surface area contributed by atoms with E-state index in [0.717, 1.165) is 28.5 Å². The third-order valence-electron chi connectivity index (χ3n) is 3.38. The largest absolute Gasteiger partial charge is 0.340 e. The van der Waals surface area contributed by atoms with Gasteiger partial charge in [0.15, 0.2) is 0 Å². The standard InChI is InChI=1S/C15H16N6O/c1-9-10(2)18-15-16-8-17-21(15)14(9)20-13-6-4-12(5-7-13)19-11(3)22/h4-8,20H,1-3H3,(H,19,22). The lowest BCUT2D eigenvalue weighted by atomic mass is 10.2. The van der Waals surface area contributed by atoms with Crippen molar-refractivity contribution in [2.75, 3.05) is 10.6 Å². The van der Waals surface area contributed by atoms with E-state index in [1.807, 2.05) is 38.1 Å². The van der Waals surface area contributed by atoms with E-state index in [4.69, 9.17) is 0 Å². The number of rotatable bonds is 3. The van der Waals surface area contributed by atoms with Crippen LogP contribution in [0.4, 0.5) is 17.2 Å². The number of hydrogen-bond acceptors (Lipinski definition) is 5. The van der Waals surface area contributed by atoms with E-state index in [9.17, 15) is 4.79 Å². The van der Waals surface area contributed by atoms with Crippen molar-refractivity contribution >= 4 is 28.9 Å². The van der Waals surface area contributed by atoms with Crippen molar-refractivity contribution in [1.29, 1.82) is 0 Å². The normalized spacial score (nSPS) is 10.7. The molecule has 2 heterocycles. The lowest BCUT2D eigenvalue weighted by molar-refractivity contribution is -0.114. The van der Waals surface area contributed by atoms with E-state index in [-0.39, 0.29) is 5.91 Å². The van der Waals surface area contributed by atoms with Gasteiger partial charge < -0.3 is 10.6 Å². The van der Waals surface area contributed by atoms with Gasteiger partial charge in [-0.25, -0.2) is 4.98 Å². The van der Waals surface area contributed by atoms with Gasteiger partial charge in [-0.2, -0.15) is 14.6 Å². The van der Waals surface area contributed by atoms with Crippen molar-refractivity contribution in [3.8, 4) is 0 Å². The summed E-state index contributed by atoms with van der Waals surface area (Å²) in [5.74, 6) is 1.29. The number of aromatic nitrogens is 4. The SMILES string of the molecule is CC(=O)Nc1ccc(Nc2c(C)c(C)nc3ncnn23)cc1. The fourth-order valence-corrected chi connectivity index (χ4v) is 2.16. The number of benzene rings is 1. The highest BCUT2D eigenvalue weighted by Crippen LogP contribution is 2.23. The van der Waals surface area contributed by atoms with Crippen LogP contribution >= 0.6 is 0 Å². The van der Waals surface area contributed by atoms with Gasteiger partial charge in [-0.3, -0.25) is 4.79 Å². The molecule has 0 radical (unpaired) electrons. The highest BCUT2D eigenvalue weighted by Gasteiger charge is 2.11. The van der Waals surface area contributed by atoms with E-state index < -0.39 is 0 Å². The summed E-state index contributed by atoms with van der Waals surface area (Å²) in [6.45, 7) is 5.41. The van der Waals surface area contributed by atoms with Gasteiger partial charge in [-0.05, 0) is 38.1 Å². The first kappa shape index (κ1) is 14.0. The van der Waals surface area contributed by atoms with Crippen LogP contribution < -0.4 is 10.6 Å². The van der Waals surface area contributed by atoms with Crippen LogP contribution in [0.1, 0.15) is 18.2 Å². The highest BCUT2D eigenvalue weighted by atomic mass is 16.1. The molecule has 1 aromatic carbocycles. The summed E-state index contributed by atoms with van der Waals surface area (Å²) < 4.78 is 1.67. The minimum absolute atomic E-state index is 0.0920. The Kier molecular flexibility index (Phi) is 3.46. The lowest BCUT2D eigenvalue weighted by Crippen LogP contribution is -2.07. The number of hydrogen-bond donors (Lipinski definition) is 2. The molecule has 0 saturated heterocycles. The number of aryl methyl sites for hydroxylation is 1. The molecule has 0 saturated carbocycles. The smallest absolute Gasteiger partial charge is 0.254 e. The Morgan fingerprint density at radius 1 is 1.14 bits per heavy atom. The third kappa shape index (κ3) is 2.60. The fourth-order valence-electron chi connectivity index (χ4n) is 2.16. The molecule has 1 amide bonds. The summed E-state index contributed by atoms with van der Waals surface area (Å²) in [6.07, 6.45) is 1.48. The molecule has 2 N–H and O–H groups in total. The van der Waals surface area contributed by atoms with Crippen molar-refractivity contribution in [1.82, 2.24) is 19.6 Å². The Balaban J connectivity index is 1.94. The number of anilines is 3. The summed E-state index contributed by atoms with van der Waals surface area (Å²) in [7, 11) is 0. The number of nitrogens with one attached hydrogen (secondary N) is 2. The van der Waals surface area contributed by atoms with Crippen LogP contribution in [-0.2, 0) is 4.79 Å². The zero-order chi connectivity index (χ0) is 15.7. The minimum atomic E-state index is -0.0920. The van der Waals surface area contributed by atoms with Crippen LogP contribution in [0, 0.1) is 13.8 Å². The van der Waals surface area contributed by atoms with Crippen molar-refractivity contribution in [3.63, 3.8) is 0 Å². The highest BCUT2D eigenvalue weighted by molar-refractivity contribution is 5.88. The maximum atomic E-state index is 11.0. The fraction of sp³-hybridized carbons (Fsp3) is 0.200. The average Bonchev–Trinajstić information content (AvgIpc) is 2.93. The maximum absolute atomic E-state index is 11.0. The molecule has 0 fully saturated rings. The Bertz CT molecular complexity index is 837. The van der Waals surface area contributed by atoms with Gasteiger partial charge in [-0.15, -0.1) is 0 Å². The lowest BCUT2D eigenvalue weighted by Gasteiger charge is -2.13. The van der Waals surface area contributed by atoms with Gasteiger partial charge in [0, 0.05) is 29.6 Å². The van der Waals surface area contributed by atoms with E-state index in [2.05, 4.69) is 25.7 Å². The molecule has 7 nitrogen and oxygen atoms in total. The molecule has 0 unspecified atom stereocenters. The van der Waals surface area contributed by atoms with Gasteiger partial charge in [0.2, 0.25) is 5.91 Å². The Morgan fingerprint density at radius 3 is 2.50 bits per heavy atom. The van der Waals surface area contributed by atoms with Gasteiger partial charge in [-0.1, -0.05) is 0 Å². The van der Waals surface area contributed by atoms with E-state index in [1.54, 1.807) is 4.52 Å². The van der Waals surface area contributed by atoms with Crippen molar-refractivity contribution < 1.29 is 4.79 Å². The molecule has 3 aromatic rings. The first-order chi connectivity index (χ1) is 10.5. The second-order valence-corrected chi connectivity index (χ2v) is 5.03. The second kappa shape index (κ2) is 5.44. The number of amides is 1. The van der Waals surface area contributed by atoms with Crippen LogP contribution in [0.3, 0.4) is 0 Å². The molecule has 0 aliphatic heterocycles. The summed E-state index contributed by atoms with van der Waals surface area (Å²) in [5.41, 5.74) is 3.55. The first-order valence-electron chi connectivity index (χ1n) is 6.86. The quantitative estimate of drug-likeness (QED) is 0.775. The zero-order valence-electron chi connectivity index (χ0n) is 12.6. The molecule has 0 bridgehead atoms. The first-order valence-corrected chi connectivity index (χ1v) is 6.86. The van der Waals surface area contributed by atoms with Gasteiger partial charge >= 0.3 is 0 Å². The third-order valence-corrected chi connectivity index (χ3v) is 3.38. The zero-order valence-corrected chi connectivity index (χ0v) is 12.6. The Hall–Kier alpha value is -2.96. The summed E-state index contributed by atoms with van der Waals surface area (Å²) in [4.78, 5) is 19.5. The minimum Gasteiger partial charge on any atom is -0.340 e. The molecule has 2 aromatic heterocycles. The topological polar surface area (TPSA) is 84.2 Å². The summed E-state index contributed by atoms with van der Waals surface area (Å²) >= 11 is 0. The molecular formula is C15H16N6O. The van der Waals surface area contributed by atoms with E-state index >= 15 is 0 Å². The molecule has 112 valence electrons. The molecule has 7 heteroatoms. The van der Waals surface area contributed by atoms with E-state index in [0.29, 0.717) is 5.78 Å². The Labute approximate surface area is 127 Å². The molecule has 22 heavy (non-hydrogen) atoms. The molecule has 0 spiro atoms. The summed E-state index contributed by atoms with van der Waals surface area (Å²) in [6, 6.07) is 7.46. The van der Waals surface area contributed by atoms with Gasteiger partial charge in [0.25, 0.3) is 5.78 Å². The van der Waals surface area contributed by atoms with Gasteiger partial charge in [0.1, 0.15) is 12.1 Å². The van der Waals surface area contributed by atoms with Crippen molar-refractivity contribution in [3.05, 3.63) is 41.9 Å². The van der Waals surface area contributed by atoms with Crippen LogP contribution in [0.15, 0.2) is 30.6 Å². The number of nitrogens with zero attached hydrogens (tertiary/aromatic N) is 4. The number of carbonyl (C=O) groups is 1. The summed E-state index contributed by atoms with van der Waals surface area (Å²) in [5, 5.41) is 10.3. The van der Waals surface area contributed by atoms with E-state index in [1.165, 1.54) is 13.3 Å².